The first-order valence-electron chi connectivity index (χ1n) is 10.6. The number of aryl methyl sites for hydroxylation is 2. The molecular formula is C25H23N5O4. The van der Waals surface area contributed by atoms with Crippen LogP contribution in [0.15, 0.2) is 53.6 Å². The van der Waals surface area contributed by atoms with Gasteiger partial charge >= 0.3 is 5.69 Å². The molecule has 0 spiro atoms. The van der Waals surface area contributed by atoms with E-state index < -0.39 is 0 Å². The topological polar surface area (TPSA) is 104 Å². The third-order valence-electron chi connectivity index (χ3n) is 6.00. The summed E-state index contributed by atoms with van der Waals surface area (Å²) < 4.78 is 13.9. The predicted molar refractivity (Wildman–Crippen MR) is 129 cm³/mol. The fourth-order valence-electron chi connectivity index (χ4n) is 4.21. The molecule has 5 rings (SSSR count). The van der Waals surface area contributed by atoms with Gasteiger partial charge in [0.05, 0.1) is 55.0 Å². The third-order valence-corrected chi connectivity index (χ3v) is 6.00. The molecule has 1 aromatic carbocycles. The number of aliphatic hydroxyl groups excluding tert-OH is 1. The largest absolute Gasteiger partial charge is 0.495 e. The van der Waals surface area contributed by atoms with Gasteiger partial charge in [0.25, 0.3) is 0 Å². The Bertz CT molecular complexity index is 1620. The van der Waals surface area contributed by atoms with Crippen molar-refractivity contribution in [2.45, 2.75) is 13.5 Å². The van der Waals surface area contributed by atoms with Crippen molar-refractivity contribution in [3.63, 3.8) is 0 Å². The SMILES string of the molecule is COc1ccc(-n2c(=O)n(C)c3cnc4ccc(-c5cnc(CO)c(OC)c5)cc4c32)c(C)n1. The van der Waals surface area contributed by atoms with Crippen LogP contribution >= 0.6 is 0 Å². The van der Waals surface area contributed by atoms with E-state index in [4.69, 9.17) is 9.47 Å². The van der Waals surface area contributed by atoms with E-state index in [1.807, 2.05) is 37.3 Å². The number of methoxy groups -OCH3 is 2. The van der Waals surface area contributed by atoms with E-state index in [1.54, 1.807) is 48.9 Å². The molecule has 4 aromatic heterocycles. The second kappa shape index (κ2) is 8.27. The summed E-state index contributed by atoms with van der Waals surface area (Å²) in [5.74, 6) is 0.990. The van der Waals surface area contributed by atoms with Crippen LogP contribution in [0.3, 0.4) is 0 Å². The summed E-state index contributed by atoms with van der Waals surface area (Å²) in [5.41, 5.74) is 5.51. The average Bonchev–Trinajstić information content (AvgIpc) is 3.13. The van der Waals surface area contributed by atoms with E-state index in [2.05, 4.69) is 15.0 Å². The summed E-state index contributed by atoms with van der Waals surface area (Å²) in [6.45, 7) is 1.63. The second-order valence-corrected chi connectivity index (χ2v) is 7.89. The summed E-state index contributed by atoms with van der Waals surface area (Å²) in [6.07, 6.45) is 3.40. The molecule has 0 bridgehead atoms. The van der Waals surface area contributed by atoms with E-state index in [9.17, 15) is 9.90 Å². The van der Waals surface area contributed by atoms with Gasteiger partial charge in [0, 0.05) is 30.3 Å². The van der Waals surface area contributed by atoms with Gasteiger partial charge in [-0.25, -0.2) is 9.78 Å². The van der Waals surface area contributed by atoms with Crippen molar-refractivity contribution in [1.82, 2.24) is 24.1 Å². The van der Waals surface area contributed by atoms with E-state index in [-0.39, 0.29) is 12.3 Å². The van der Waals surface area contributed by atoms with Crippen LogP contribution < -0.4 is 15.2 Å². The lowest BCUT2D eigenvalue weighted by Gasteiger charge is -2.11. The van der Waals surface area contributed by atoms with E-state index in [0.29, 0.717) is 34.2 Å². The van der Waals surface area contributed by atoms with E-state index in [0.717, 1.165) is 27.5 Å². The number of benzene rings is 1. The zero-order valence-electron chi connectivity index (χ0n) is 19.2. The maximum Gasteiger partial charge on any atom is 0.333 e. The highest BCUT2D eigenvalue weighted by atomic mass is 16.5. The Morgan fingerprint density at radius 1 is 1.00 bits per heavy atom. The van der Waals surface area contributed by atoms with Crippen molar-refractivity contribution >= 4 is 21.9 Å². The number of fused-ring (bicyclic) bond motifs is 3. The van der Waals surface area contributed by atoms with Gasteiger partial charge in [-0.3, -0.25) is 19.1 Å². The Hall–Kier alpha value is -4.24. The minimum atomic E-state index is -0.211. The average molecular weight is 457 g/mol. The minimum Gasteiger partial charge on any atom is -0.495 e. The first-order valence-corrected chi connectivity index (χ1v) is 10.6. The Morgan fingerprint density at radius 2 is 1.82 bits per heavy atom. The number of pyridine rings is 3. The number of rotatable bonds is 5. The highest BCUT2D eigenvalue weighted by molar-refractivity contribution is 6.04. The lowest BCUT2D eigenvalue weighted by atomic mass is 10.0. The number of aromatic nitrogens is 5. The van der Waals surface area contributed by atoms with Crippen molar-refractivity contribution in [3.8, 4) is 28.4 Å². The van der Waals surface area contributed by atoms with Crippen LogP contribution in [0.4, 0.5) is 0 Å². The normalized spacial score (nSPS) is 11.3. The van der Waals surface area contributed by atoms with Gasteiger partial charge in [-0.15, -0.1) is 0 Å². The number of nitrogens with zero attached hydrogens (tertiary/aromatic N) is 5. The molecule has 0 unspecified atom stereocenters. The number of aliphatic hydroxyl groups is 1. The molecule has 5 aromatic rings. The molecule has 9 nitrogen and oxygen atoms in total. The van der Waals surface area contributed by atoms with Gasteiger partial charge in [-0.1, -0.05) is 6.07 Å². The maximum atomic E-state index is 13.3. The first kappa shape index (κ1) is 21.6. The van der Waals surface area contributed by atoms with Crippen LogP contribution in [0.25, 0.3) is 38.8 Å². The fraction of sp³-hybridized carbons (Fsp3) is 0.200. The molecule has 34 heavy (non-hydrogen) atoms. The summed E-state index contributed by atoms with van der Waals surface area (Å²) in [4.78, 5) is 26.7. The molecule has 4 heterocycles. The molecule has 172 valence electrons. The summed E-state index contributed by atoms with van der Waals surface area (Å²) >= 11 is 0. The minimum absolute atomic E-state index is 0.194. The van der Waals surface area contributed by atoms with Crippen molar-refractivity contribution in [2.24, 2.45) is 7.05 Å². The molecule has 0 aliphatic carbocycles. The standard InChI is InChI=1S/C25H23N5O4/c1-14-20(7-8-23(28-14)34-4)30-24-17-9-15(16-10-22(33-3)19(13-31)26-11-16)5-6-18(17)27-12-21(24)29(2)25(30)32/h5-12,31H,13H2,1-4H3. The quantitative estimate of drug-likeness (QED) is 0.432. The van der Waals surface area contributed by atoms with E-state index in [1.165, 1.54) is 0 Å². The summed E-state index contributed by atoms with van der Waals surface area (Å²) in [7, 11) is 4.83. The maximum absolute atomic E-state index is 13.3. The van der Waals surface area contributed by atoms with Gasteiger partial charge in [0.15, 0.2) is 0 Å². The van der Waals surface area contributed by atoms with Crippen LogP contribution in [0.2, 0.25) is 0 Å². The smallest absolute Gasteiger partial charge is 0.333 e. The monoisotopic (exact) mass is 457 g/mol. The predicted octanol–water partition coefficient (Wildman–Crippen LogP) is 3.15. The van der Waals surface area contributed by atoms with Gasteiger partial charge in [-0.05, 0) is 36.8 Å². The van der Waals surface area contributed by atoms with Crippen molar-refractivity contribution in [1.29, 1.82) is 0 Å². The van der Waals surface area contributed by atoms with Crippen molar-refractivity contribution in [3.05, 3.63) is 70.7 Å². The number of hydrogen-bond donors (Lipinski definition) is 1. The molecule has 9 heteroatoms. The van der Waals surface area contributed by atoms with Crippen LogP contribution in [-0.4, -0.2) is 43.4 Å². The van der Waals surface area contributed by atoms with Crippen LogP contribution in [0.1, 0.15) is 11.4 Å². The molecular weight excluding hydrogens is 434 g/mol. The molecule has 0 aliphatic rings. The lowest BCUT2D eigenvalue weighted by molar-refractivity contribution is 0.268. The molecule has 0 aliphatic heterocycles. The van der Waals surface area contributed by atoms with Crippen molar-refractivity contribution in [2.75, 3.05) is 14.2 Å². The summed E-state index contributed by atoms with van der Waals surface area (Å²) in [5, 5.41) is 10.3. The highest BCUT2D eigenvalue weighted by Crippen LogP contribution is 2.32. The van der Waals surface area contributed by atoms with Gasteiger partial charge < -0.3 is 14.6 Å². The second-order valence-electron chi connectivity index (χ2n) is 7.89. The molecule has 0 saturated carbocycles. The van der Waals surface area contributed by atoms with Crippen molar-refractivity contribution < 1.29 is 14.6 Å². The Kier molecular flexibility index (Phi) is 5.25. The Labute approximate surface area is 194 Å². The molecule has 0 radical (unpaired) electrons. The molecule has 0 fully saturated rings. The summed E-state index contributed by atoms with van der Waals surface area (Å²) in [6, 6.07) is 11.3. The Balaban J connectivity index is 1.81. The van der Waals surface area contributed by atoms with Gasteiger partial charge in [0.2, 0.25) is 5.88 Å². The van der Waals surface area contributed by atoms with Gasteiger partial charge in [0.1, 0.15) is 11.4 Å². The van der Waals surface area contributed by atoms with Crippen LogP contribution in [0, 0.1) is 6.92 Å². The fourth-order valence-corrected chi connectivity index (χ4v) is 4.21. The van der Waals surface area contributed by atoms with Gasteiger partial charge in [-0.2, -0.15) is 0 Å². The van der Waals surface area contributed by atoms with E-state index >= 15 is 0 Å². The first-order chi connectivity index (χ1) is 16.5. The number of imidazole rings is 1. The number of hydrogen-bond acceptors (Lipinski definition) is 7. The molecule has 0 amide bonds. The third kappa shape index (κ3) is 3.29. The highest BCUT2D eigenvalue weighted by Gasteiger charge is 2.19. The van der Waals surface area contributed by atoms with Crippen LogP contribution in [0.5, 0.6) is 11.6 Å². The zero-order valence-corrected chi connectivity index (χ0v) is 19.2. The molecule has 0 saturated heterocycles. The zero-order chi connectivity index (χ0) is 24.0. The lowest BCUT2D eigenvalue weighted by Crippen LogP contribution is -2.21. The molecule has 0 atom stereocenters. The van der Waals surface area contributed by atoms with Crippen LogP contribution in [-0.2, 0) is 13.7 Å². The molecule has 1 N–H and O–H groups in total. The Morgan fingerprint density at radius 3 is 2.53 bits per heavy atom. The number of ether oxygens (including phenoxy) is 2.